The van der Waals surface area contributed by atoms with E-state index in [0.717, 1.165) is 11.3 Å². The maximum atomic E-state index is 11.6. The largest absolute Gasteiger partial charge is 0.507 e. The number of rotatable bonds is 3. The van der Waals surface area contributed by atoms with Crippen LogP contribution in [-0.4, -0.2) is 27.4 Å². The summed E-state index contributed by atoms with van der Waals surface area (Å²) in [6.45, 7) is 3.68. The second kappa shape index (κ2) is 5.34. The Bertz CT molecular complexity index is 631. The minimum atomic E-state index is -0.410. The molecule has 1 amide bonds. The molecule has 0 aliphatic heterocycles. The second-order valence-corrected chi connectivity index (χ2v) is 4.20. The fraction of sp³-hybridized carbons (Fsp3) is 0.154. The average Bonchev–Trinajstić information content (AvgIpc) is 2.78. The first kappa shape index (κ1) is 12.8. The van der Waals surface area contributed by atoms with Crippen molar-refractivity contribution in [3.63, 3.8) is 0 Å². The van der Waals surface area contributed by atoms with E-state index < -0.39 is 5.91 Å². The normalized spacial score (nSPS) is 10.8. The third kappa shape index (κ3) is 3.19. The highest BCUT2D eigenvalue weighted by Gasteiger charge is 2.07. The number of phenolic OH excluding ortho intramolecular Hbond substituents is 1. The highest BCUT2D eigenvalue weighted by Crippen LogP contribution is 2.15. The number of carbonyl (C=O) groups is 1. The molecule has 0 bridgehead atoms. The molecule has 3 N–H and O–H groups in total. The average molecular weight is 258 g/mol. The molecule has 2 rings (SSSR count). The van der Waals surface area contributed by atoms with Crippen molar-refractivity contribution in [3.8, 4) is 5.75 Å². The van der Waals surface area contributed by atoms with E-state index in [1.807, 2.05) is 13.0 Å². The van der Waals surface area contributed by atoms with Crippen molar-refractivity contribution in [2.24, 2.45) is 5.10 Å². The van der Waals surface area contributed by atoms with E-state index in [0.29, 0.717) is 5.56 Å². The number of hydrazone groups is 1. The number of aryl methyl sites for hydroxylation is 2. The van der Waals surface area contributed by atoms with Crippen LogP contribution in [0.1, 0.15) is 27.3 Å². The lowest BCUT2D eigenvalue weighted by Gasteiger charge is -2.00. The van der Waals surface area contributed by atoms with Crippen LogP contribution in [0.4, 0.5) is 0 Å². The molecule has 1 aromatic heterocycles. The van der Waals surface area contributed by atoms with Crippen LogP contribution in [0.25, 0.3) is 0 Å². The molecule has 98 valence electrons. The summed E-state index contributed by atoms with van der Waals surface area (Å²) in [6.07, 6.45) is 1.38. The fourth-order valence-electron chi connectivity index (χ4n) is 1.51. The van der Waals surface area contributed by atoms with Gasteiger partial charge in [-0.1, -0.05) is 6.07 Å². The summed E-state index contributed by atoms with van der Waals surface area (Å²) in [4.78, 5) is 11.6. The van der Waals surface area contributed by atoms with Crippen LogP contribution >= 0.6 is 0 Å². The number of amides is 1. The molecular formula is C13H14N4O2. The van der Waals surface area contributed by atoms with E-state index in [1.54, 1.807) is 25.1 Å². The maximum absolute atomic E-state index is 11.6. The van der Waals surface area contributed by atoms with Gasteiger partial charge in [0, 0.05) is 11.3 Å². The van der Waals surface area contributed by atoms with Gasteiger partial charge in [-0.3, -0.25) is 9.89 Å². The molecule has 0 atom stereocenters. The minimum absolute atomic E-state index is 0.119. The van der Waals surface area contributed by atoms with E-state index in [-0.39, 0.29) is 11.4 Å². The van der Waals surface area contributed by atoms with Crippen molar-refractivity contribution in [2.75, 3.05) is 0 Å². The van der Waals surface area contributed by atoms with Crippen LogP contribution < -0.4 is 5.43 Å². The molecular weight excluding hydrogens is 244 g/mol. The van der Waals surface area contributed by atoms with Gasteiger partial charge in [0.2, 0.25) is 0 Å². The molecule has 0 spiro atoms. The Morgan fingerprint density at radius 2 is 2.21 bits per heavy atom. The predicted molar refractivity (Wildman–Crippen MR) is 71.2 cm³/mol. The van der Waals surface area contributed by atoms with E-state index >= 15 is 0 Å². The number of hydrogen-bond donors (Lipinski definition) is 3. The van der Waals surface area contributed by atoms with E-state index in [4.69, 9.17) is 0 Å². The second-order valence-electron chi connectivity index (χ2n) is 4.20. The molecule has 2 aromatic rings. The number of carbonyl (C=O) groups excluding carboxylic acids is 1. The van der Waals surface area contributed by atoms with Crippen molar-refractivity contribution in [3.05, 3.63) is 46.8 Å². The highest BCUT2D eigenvalue weighted by molar-refractivity contribution is 5.93. The lowest BCUT2D eigenvalue weighted by Crippen LogP contribution is -2.18. The molecule has 0 aliphatic rings. The third-order valence-corrected chi connectivity index (χ3v) is 2.49. The molecule has 0 saturated carbocycles. The molecule has 6 heteroatoms. The summed E-state index contributed by atoms with van der Waals surface area (Å²) in [5.74, 6) is -0.291. The van der Waals surface area contributed by atoms with Gasteiger partial charge in [0.15, 0.2) is 5.69 Å². The molecule has 0 radical (unpaired) electrons. The lowest BCUT2D eigenvalue weighted by atomic mass is 10.1. The number of H-pyrrole nitrogens is 1. The van der Waals surface area contributed by atoms with Gasteiger partial charge in [-0.2, -0.15) is 10.2 Å². The summed E-state index contributed by atoms with van der Waals surface area (Å²) in [5.41, 5.74) is 4.88. The van der Waals surface area contributed by atoms with Crippen LogP contribution in [0.15, 0.2) is 29.4 Å². The van der Waals surface area contributed by atoms with Gasteiger partial charge < -0.3 is 5.11 Å². The molecule has 1 aromatic carbocycles. The number of aromatic amines is 1. The summed E-state index contributed by atoms with van der Waals surface area (Å²) < 4.78 is 0. The van der Waals surface area contributed by atoms with Crippen LogP contribution in [0.3, 0.4) is 0 Å². The summed E-state index contributed by atoms with van der Waals surface area (Å²) >= 11 is 0. The zero-order chi connectivity index (χ0) is 13.8. The highest BCUT2D eigenvalue weighted by atomic mass is 16.3. The van der Waals surface area contributed by atoms with Crippen molar-refractivity contribution in [2.45, 2.75) is 13.8 Å². The molecule has 0 saturated heterocycles. The standard InChI is InChI=1S/C13H14N4O2/c1-8-3-4-10(12(18)5-8)7-14-17-13(19)11-6-9(2)15-16-11/h3-7,18H,1-2H3,(H,15,16)(H,17,19). The SMILES string of the molecule is Cc1ccc(C=NNC(=O)c2cc(C)[nH]n2)c(O)c1. The Hall–Kier alpha value is -2.63. The van der Waals surface area contributed by atoms with Crippen molar-refractivity contribution in [1.82, 2.24) is 15.6 Å². The van der Waals surface area contributed by atoms with Crippen LogP contribution in [0, 0.1) is 13.8 Å². The van der Waals surface area contributed by atoms with Crippen molar-refractivity contribution >= 4 is 12.1 Å². The summed E-state index contributed by atoms with van der Waals surface area (Å²) in [7, 11) is 0. The maximum Gasteiger partial charge on any atom is 0.291 e. The van der Waals surface area contributed by atoms with Crippen molar-refractivity contribution in [1.29, 1.82) is 0 Å². The molecule has 0 aliphatic carbocycles. The number of aromatic hydroxyl groups is 1. The smallest absolute Gasteiger partial charge is 0.291 e. The van der Waals surface area contributed by atoms with Crippen molar-refractivity contribution < 1.29 is 9.90 Å². The van der Waals surface area contributed by atoms with Gasteiger partial charge in [0.05, 0.1) is 6.21 Å². The zero-order valence-corrected chi connectivity index (χ0v) is 10.6. The lowest BCUT2D eigenvalue weighted by molar-refractivity contribution is 0.0950. The van der Waals surface area contributed by atoms with Gasteiger partial charge >= 0.3 is 0 Å². The first-order valence-corrected chi connectivity index (χ1v) is 5.71. The van der Waals surface area contributed by atoms with Crippen LogP contribution in [-0.2, 0) is 0 Å². The fourth-order valence-corrected chi connectivity index (χ4v) is 1.51. The number of benzene rings is 1. The quantitative estimate of drug-likeness (QED) is 0.575. The Labute approximate surface area is 110 Å². The number of phenols is 1. The van der Waals surface area contributed by atoms with Gasteiger partial charge in [0.25, 0.3) is 5.91 Å². The van der Waals surface area contributed by atoms with E-state index in [9.17, 15) is 9.90 Å². The van der Waals surface area contributed by atoms with Gasteiger partial charge in [-0.25, -0.2) is 5.43 Å². The predicted octanol–water partition coefficient (Wildman–Crippen LogP) is 1.50. The first-order chi connectivity index (χ1) is 9.06. The Morgan fingerprint density at radius 3 is 2.84 bits per heavy atom. The zero-order valence-electron chi connectivity index (χ0n) is 10.6. The first-order valence-electron chi connectivity index (χ1n) is 5.71. The number of nitrogens with one attached hydrogen (secondary N) is 2. The van der Waals surface area contributed by atoms with Crippen LogP contribution in [0.5, 0.6) is 5.75 Å². The molecule has 6 nitrogen and oxygen atoms in total. The van der Waals surface area contributed by atoms with Gasteiger partial charge in [-0.05, 0) is 37.6 Å². The minimum Gasteiger partial charge on any atom is -0.507 e. The Balaban J connectivity index is 2.02. The third-order valence-electron chi connectivity index (χ3n) is 2.49. The van der Waals surface area contributed by atoms with E-state index in [1.165, 1.54) is 6.21 Å². The van der Waals surface area contributed by atoms with Gasteiger partial charge in [-0.15, -0.1) is 0 Å². The molecule has 0 fully saturated rings. The number of nitrogens with zero attached hydrogens (tertiary/aromatic N) is 2. The number of aromatic nitrogens is 2. The Kier molecular flexibility index (Phi) is 3.61. The Morgan fingerprint density at radius 1 is 1.42 bits per heavy atom. The molecule has 1 heterocycles. The molecule has 19 heavy (non-hydrogen) atoms. The van der Waals surface area contributed by atoms with Gasteiger partial charge in [0.1, 0.15) is 5.75 Å². The molecule has 0 unspecified atom stereocenters. The van der Waals surface area contributed by atoms with E-state index in [2.05, 4.69) is 20.7 Å². The van der Waals surface area contributed by atoms with Crippen LogP contribution in [0.2, 0.25) is 0 Å². The number of hydrogen-bond acceptors (Lipinski definition) is 4. The monoisotopic (exact) mass is 258 g/mol. The summed E-state index contributed by atoms with van der Waals surface area (Å²) in [5, 5.41) is 19.9. The topological polar surface area (TPSA) is 90.4 Å². The summed E-state index contributed by atoms with van der Waals surface area (Å²) in [6, 6.07) is 6.81.